The summed E-state index contributed by atoms with van der Waals surface area (Å²) >= 11 is 0.156. The molecular formula is C22H29FeNO3Se+2. The predicted octanol–water partition coefficient (Wildman–Crippen LogP) is 3.21. The Morgan fingerprint density at radius 1 is 1.07 bits per heavy atom. The van der Waals surface area contributed by atoms with E-state index in [1.54, 1.807) is 0 Å². The minimum Gasteiger partial charge on any atom is -0.0312 e. The number of hydrogen-bond donors (Lipinski definition) is 0. The molecule has 28 heavy (non-hydrogen) atoms. The fourth-order valence-corrected chi connectivity index (χ4v) is 5.39. The number of esters is 1. The molecule has 1 amide bonds. The molecule has 4 nitrogen and oxygen atoms in total. The van der Waals surface area contributed by atoms with E-state index in [-0.39, 0.29) is 62.1 Å². The molecule has 0 aromatic heterocycles. The number of carbonyl (C=O) groups excluding carboxylic acids is 2. The smallest absolute Gasteiger partial charge is 0.0312 e. The van der Waals surface area contributed by atoms with E-state index in [1.165, 1.54) is 0 Å². The quantitative estimate of drug-likeness (QED) is 0.425. The number of cyclic esters (lactones) is 1. The molecule has 1 unspecified atom stereocenters. The normalized spacial score (nSPS) is 22.8. The zero-order chi connectivity index (χ0) is 19.8. The third-order valence-electron chi connectivity index (χ3n) is 4.30. The van der Waals surface area contributed by atoms with Gasteiger partial charge in [0.05, 0.1) is 0 Å². The molecule has 0 bridgehead atoms. The van der Waals surface area contributed by atoms with Crippen molar-refractivity contribution in [3.05, 3.63) is 62.1 Å². The summed E-state index contributed by atoms with van der Waals surface area (Å²) in [4.78, 5) is 27.0. The van der Waals surface area contributed by atoms with Gasteiger partial charge < -0.3 is 0 Å². The summed E-state index contributed by atoms with van der Waals surface area (Å²) in [5, 5.41) is 0.854. The Kier molecular flexibility index (Phi) is 12.4. The van der Waals surface area contributed by atoms with Gasteiger partial charge in [-0.1, -0.05) is 0 Å². The van der Waals surface area contributed by atoms with Crippen LogP contribution in [0.15, 0.2) is 0 Å². The van der Waals surface area contributed by atoms with Crippen molar-refractivity contribution in [2.24, 2.45) is 0 Å². The van der Waals surface area contributed by atoms with Gasteiger partial charge in [0.2, 0.25) is 0 Å². The molecule has 1 saturated heterocycles. The van der Waals surface area contributed by atoms with Crippen molar-refractivity contribution in [1.82, 2.24) is 4.90 Å². The molecule has 6 heteroatoms. The maximum atomic E-state index is 12.8. The van der Waals surface area contributed by atoms with Crippen LogP contribution in [0, 0.1) is 62.1 Å². The Balaban J connectivity index is 0.000000567. The van der Waals surface area contributed by atoms with E-state index in [2.05, 4.69) is 0 Å². The number of ether oxygens (including phenoxy) is 1. The van der Waals surface area contributed by atoms with Crippen LogP contribution in [0.5, 0.6) is 0 Å². The zero-order valence-corrected chi connectivity index (χ0v) is 19.7. The van der Waals surface area contributed by atoms with Crippen molar-refractivity contribution in [1.29, 1.82) is 0 Å². The second-order valence-electron chi connectivity index (χ2n) is 7.13. The molecule has 0 aromatic rings. The monoisotopic (exact) mass is 491 g/mol. The molecule has 3 aliphatic rings. The molecule has 0 N–H and O–H groups in total. The fourth-order valence-electron chi connectivity index (χ4n) is 3.11. The molecule has 1 atom stereocenters. The molecular weight excluding hydrogens is 461 g/mol. The summed E-state index contributed by atoms with van der Waals surface area (Å²) in [6, 6.07) is 0.358. The van der Waals surface area contributed by atoms with E-state index in [0.717, 1.165) is 22.5 Å². The van der Waals surface area contributed by atoms with Crippen LogP contribution in [0.25, 0.3) is 0 Å². The molecule has 1 heterocycles. The van der Waals surface area contributed by atoms with E-state index in [0.29, 0.717) is 6.42 Å². The first-order valence-corrected chi connectivity index (χ1v) is 11.5. The predicted molar refractivity (Wildman–Crippen MR) is 108 cm³/mol. The summed E-state index contributed by atoms with van der Waals surface area (Å²) in [6.07, 6.45) is 17.3. The Bertz CT molecular complexity index is 467. The average Bonchev–Trinajstić information content (AvgIpc) is 3.36. The Morgan fingerprint density at radius 3 is 2.11 bits per heavy atom. The number of rotatable bonds is 6. The van der Waals surface area contributed by atoms with E-state index < -0.39 is 0 Å². The van der Waals surface area contributed by atoms with Crippen LogP contribution < -0.4 is 0 Å². The van der Waals surface area contributed by atoms with Gasteiger partial charge in [0.1, 0.15) is 0 Å². The maximum absolute atomic E-state index is 12.8. The van der Waals surface area contributed by atoms with Crippen molar-refractivity contribution < 1.29 is 31.4 Å². The van der Waals surface area contributed by atoms with Crippen molar-refractivity contribution in [3.8, 4) is 0 Å². The molecule has 0 spiro atoms. The maximum Gasteiger partial charge on any atom is 2.00 e. The van der Waals surface area contributed by atoms with E-state index in [9.17, 15) is 9.59 Å². The molecule has 0 aromatic carbocycles. The minimum atomic E-state index is -0.0922. The van der Waals surface area contributed by atoms with Gasteiger partial charge in [-0.2, -0.15) is 0 Å². The Hall–Kier alpha value is -0.0210. The fraction of sp³-hybridized carbons (Fsp3) is 0.455. The molecule has 2 aliphatic carbocycles. The van der Waals surface area contributed by atoms with Crippen LogP contribution in [-0.2, 0) is 31.4 Å². The number of carbonyl (C=O) groups is 2. The van der Waals surface area contributed by atoms with Crippen LogP contribution >= 0.6 is 0 Å². The topological polar surface area (TPSA) is 46.6 Å². The molecule has 1 aliphatic heterocycles. The van der Waals surface area contributed by atoms with Gasteiger partial charge in [0.25, 0.3) is 0 Å². The first kappa shape index (κ1) is 26.0. The largest absolute Gasteiger partial charge is 2.00 e. The molecule has 3 rings (SSSR count). The summed E-state index contributed by atoms with van der Waals surface area (Å²) in [5.41, 5.74) is 0. The Morgan fingerprint density at radius 2 is 1.64 bits per heavy atom. The van der Waals surface area contributed by atoms with Crippen LogP contribution in [0.4, 0.5) is 0 Å². The number of nitrogens with zero attached hydrogens (tertiary/aromatic N) is 1. The SMILES string of the molecule is CC(C)N(C(=O)[C]1[CH][CH][CH][C]1[Se]CC1CCC(=O)O1)C(C)C.[CH]1[CH][CH][CH][CH]1.[Fe+2]. The van der Waals surface area contributed by atoms with Gasteiger partial charge in [-0.3, -0.25) is 0 Å². The molecule has 2 saturated carbocycles. The number of amides is 1. The van der Waals surface area contributed by atoms with Gasteiger partial charge in [0.15, 0.2) is 0 Å². The third-order valence-corrected chi connectivity index (χ3v) is 6.83. The molecule has 10 radical (unpaired) electrons. The van der Waals surface area contributed by atoms with Crippen molar-refractivity contribution in [2.75, 3.05) is 0 Å². The van der Waals surface area contributed by atoms with Crippen LogP contribution in [0.3, 0.4) is 0 Å². The van der Waals surface area contributed by atoms with Gasteiger partial charge in [-0.15, -0.1) is 0 Å². The average molecular weight is 490 g/mol. The first-order valence-electron chi connectivity index (χ1n) is 9.47. The van der Waals surface area contributed by atoms with Gasteiger partial charge in [0, 0.05) is 0 Å². The van der Waals surface area contributed by atoms with Crippen molar-refractivity contribution in [2.45, 2.75) is 64.0 Å². The van der Waals surface area contributed by atoms with Crippen molar-refractivity contribution in [3.63, 3.8) is 0 Å². The van der Waals surface area contributed by atoms with E-state index in [1.807, 2.05) is 84.0 Å². The Labute approximate surface area is 188 Å². The summed E-state index contributed by atoms with van der Waals surface area (Å²) < 4.78 is 5.27. The van der Waals surface area contributed by atoms with Crippen LogP contribution in [0.1, 0.15) is 40.5 Å². The number of hydrogen-bond acceptors (Lipinski definition) is 3. The third kappa shape index (κ3) is 8.01. The molecule has 3 fully saturated rings. The van der Waals surface area contributed by atoms with Crippen LogP contribution in [0.2, 0.25) is 5.32 Å². The van der Waals surface area contributed by atoms with E-state index >= 15 is 0 Å². The van der Waals surface area contributed by atoms with Gasteiger partial charge in [-0.25, -0.2) is 0 Å². The van der Waals surface area contributed by atoms with Gasteiger partial charge >= 0.3 is 157 Å². The summed E-state index contributed by atoms with van der Waals surface area (Å²) in [6.45, 7) is 8.18. The molecule has 152 valence electrons. The van der Waals surface area contributed by atoms with Gasteiger partial charge in [-0.05, 0) is 32.1 Å². The summed E-state index contributed by atoms with van der Waals surface area (Å²) in [7, 11) is 0. The van der Waals surface area contributed by atoms with Crippen LogP contribution in [-0.4, -0.2) is 49.9 Å². The zero-order valence-electron chi connectivity index (χ0n) is 16.9. The van der Waals surface area contributed by atoms with E-state index in [4.69, 9.17) is 4.74 Å². The second kappa shape index (κ2) is 13.3. The minimum absolute atomic E-state index is 0. The summed E-state index contributed by atoms with van der Waals surface area (Å²) in [5.74, 6) is 0.826. The standard InChI is InChI=1S/C17H24NO3Se.C5H5.Fe/c1-11(2)18(12(3)4)17(20)14-6-5-7-15(14)22-10-13-8-9-16(19)21-13;1-2-4-5-3-1;/h5-7,11-13H,8-10H2,1-4H3;1-5H;/q;;+2. The second-order valence-corrected chi connectivity index (χ2v) is 9.36. The van der Waals surface area contributed by atoms with Crippen molar-refractivity contribution >= 4 is 26.8 Å². The first-order chi connectivity index (χ1) is 12.9.